The third-order valence-corrected chi connectivity index (χ3v) is 4.00. The fraction of sp³-hybridized carbons (Fsp3) is 0.150. The van der Waals surface area contributed by atoms with E-state index in [1.807, 2.05) is 61.5 Å². The molecule has 0 saturated heterocycles. The highest BCUT2D eigenvalue weighted by Crippen LogP contribution is 2.18. The van der Waals surface area contributed by atoms with Crippen LogP contribution in [0.2, 0.25) is 0 Å². The van der Waals surface area contributed by atoms with Crippen LogP contribution >= 0.6 is 0 Å². The standard InChI is InChI=1S/C20H19NO/c1-15-10-12-17(13-11-15)20-9-5-8-19(21(20)22)14-18-7-4-3-6-16(18)2/h3-13H,14H2,1-2H3. The minimum atomic E-state index is 0.649. The number of rotatable bonds is 3. The normalized spacial score (nSPS) is 10.6. The Morgan fingerprint density at radius 2 is 1.55 bits per heavy atom. The van der Waals surface area contributed by atoms with Crippen LogP contribution in [0.25, 0.3) is 11.3 Å². The molecule has 1 aromatic heterocycles. The Kier molecular flexibility index (Phi) is 3.92. The van der Waals surface area contributed by atoms with Gasteiger partial charge in [-0.1, -0.05) is 42.0 Å². The lowest BCUT2D eigenvalue weighted by molar-refractivity contribution is -0.601. The van der Waals surface area contributed by atoms with Crippen LogP contribution in [0, 0.1) is 19.1 Å². The van der Waals surface area contributed by atoms with Crippen LogP contribution in [-0.4, -0.2) is 0 Å². The van der Waals surface area contributed by atoms with Gasteiger partial charge in [0.2, 0.25) is 5.69 Å². The summed E-state index contributed by atoms with van der Waals surface area (Å²) in [6.45, 7) is 4.12. The molecule has 2 heteroatoms. The lowest BCUT2D eigenvalue weighted by atomic mass is 10.0. The number of nitrogens with zero attached hydrogens (tertiary/aromatic N) is 1. The molecule has 0 N–H and O–H groups in total. The molecule has 0 saturated carbocycles. The Labute approximate surface area is 131 Å². The predicted octanol–water partition coefficient (Wildman–Crippen LogP) is 4.19. The van der Waals surface area contributed by atoms with Crippen molar-refractivity contribution in [3.63, 3.8) is 0 Å². The molecule has 0 bridgehead atoms. The van der Waals surface area contributed by atoms with E-state index in [0.29, 0.717) is 12.1 Å². The number of pyridine rings is 1. The maximum atomic E-state index is 12.7. The smallest absolute Gasteiger partial charge is 0.223 e. The molecule has 0 fully saturated rings. The molecule has 0 spiro atoms. The van der Waals surface area contributed by atoms with E-state index in [1.165, 1.54) is 16.7 Å². The SMILES string of the molecule is Cc1ccc(-c2cccc(Cc3ccccc3C)[n+]2[O-])cc1. The van der Waals surface area contributed by atoms with Gasteiger partial charge in [-0.2, -0.15) is 4.73 Å². The molecule has 0 atom stereocenters. The van der Waals surface area contributed by atoms with Gasteiger partial charge < -0.3 is 5.21 Å². The molecule has 3 aromatic rings. The highest BCUT2D eigenvalue weighted by Gasteiger charge is 2.14. The largest absolute Gasteiger partial charge is 0.618 e. The Balaban J connectivity index is 1.99. The lowest BCUT2D eigenvalue weighted by Crippen LogP contribution is -2.34. The van der Waals surface area contributed by atoms with E-state index >= 15 is 0 Å². The topological polar surface area (TPSA) is 26.9 Å². The molecular weight excluding hydrogens is 270 g/mol. The van der Waals surface area contributed by atoms with Crippen molar-refractivity contribution < 1.29 is 4.73 Å². The van der Waals surface area contributed by atoms with Crippen molar-refractivity contribution in [2.24, 2.45) is 0 Å². The third-order valence-electron chi connectivity index (χ3n) is 4.00. The first-order chi connectivity index (χ1) is 10.6. The molecule has 2 aromatic carbocycles. The summed E-state index contributed by atoms with van der Waals surface area (Å²) >= 11 is 0. The highest BCUT2D eigenvalue weighted by atomic mass is 16.5. The molecule has 0 aliphatic heterocycles. The van der Waals surface area contributed by atoms with Gasteiger partial charge in [0.15, 0.2) is 5.69 Å². The van der Waals surface area contributed by atoms with E-state index in [9.17, 15) is 5.21 Å². The van der Waals surface area contributed by atoms with Gasteiger partial charge in [-0.25, -0.2) is 0 Å². The minimum absolute atomic E-state index is 0.649. The number of aryl methyl sites for hydroxylation is 2. The molecule has 22 heavy (non-hydrogen) atoms. The number of benzene rings is 2. The van der Waals surface area contributed by atoms with Gasteiger partial charge >= 0.3 is 0 Å². The molecule has 0 amide bonds. The first-order valence-corrected chi connectivity index (χ1v) is 7.48. The van der Waals surface area contributed by atoms with Crippen molar-refractivity contribution in [1.29, 1.82) is 0 Å². The molecule has 0 radical (unpaired) electrons. The third kappa shape index (κ3) is 2.86. The average Bonchev–Trinajstić information content (AvgIpc) is 2.52. The Hall–Kier alpha value is -2.61. The van der Waals surface area contributed by atoms with Crippen LogP contribution in [0.5, 0.6) is 0 Å². The Morgan fingerprint density at radius 3 is 2.27 bits per heavy atom. The summed E-state index contributed by atoms with van der Waals surface area (Å²) in [5.74, 6) is 0. The molecule has 1 heterocycles. The number of aromatic nitrogens is 1. The van der Waals surface area contributed by atoms with Crippen molar-refractivity contribution in [2.75, 3.05) is 0 Å². The summed E-state index contributed by atoms with van der Waals surface area (Å²) in [5, 5.41) is 12.7. The predicted molar refractivity (Wildman–Crippen MR) is 89.6 cm³/mol. The fourth-order valence-electron chi connectivity index (χ4n) is 2.61. The van der Waals surface area contributed by atoms with Gasteiger partial charge in [-0.05, 0) is 43.2 Å². The molecule has 0 aliphatic carbocycles. The van der Waals surface area contributed by atoms with Crippen molar-refractivity contribution in [2.45, 2.75) is 20.3 Å². The van der Waals surface area contributed by atoms with E-state index in [0.717, 1.165) is 16.0 Å². The summed E-state index contributed by atoms with van der Waals surface area (Å²) in [5.41, 5.74) is 6.01. The zero-order chi connectivity index (χ0) is 15.5. The molecule has 3 rings (SSSR count). The van der Waals surface area contributed by atoms with Crippen LogP contribution < -0.4 is 4.73 Å². The van der Waals surface area contributed by atoms with Crippen molar-refractivity contribution in [3.05, 3.63) is 94.3 Å². The molecule has 0 unspecified atom stereocenters. The van der Waals surface area contributed by atoms with Crippen molar-refractivity contribution >= 4 is 0 Å². The van der Waals surface area contributed by atoms with Gasteiger partial charge in [0, 0.05) is 17.7 Å². The van der Waals surface area contributed by atoms with Crippen LogP contribution in [-0.2, 0) is 6.42 Å². The van der Waals surface area contributed by atoms with E-state index in [1.54, 1.807) is 0 Å². The zero-order valence-electron chi connectivity index (χ0n) is 12.9. The summed E-state index contributed by atoms with van der Waals surface area (Å²) in [4.78, 5) is 0. The van der Waals surface area contributed by atoms with Crippen molar-refractivity contribution in [1.82, 2.24) is 0 Å². The van der Waals surface area contributed by atoms with Crippen LogP contribution in [0.4, 0.5) is 0 Å². The summed E-state index contributed by atoms with van der Waals surface area (Å²) in [6.07, 6.45) is 0.649. The molecule has 2 nitrogen and oxygen atoms in total. The number of hydrogen-bond acceptors (Lipinski definition) is 1. The molecular formula is C20H19NO. The fourth-order valence-corrected chi connectivity index (χ4v) is 2.61. The quantitative estimate of drug-likeness (QED) is 0.524. The van der Waals surface area contributed by atoms with Gasteiger partial charge in [-0.3, -0.25) is 0 Å². The second-order valence-electron chi connectivity index (χ2n) is 5.67. The first-order valence-electron chi connectivity index (χ1n) is 7.48. The van der Waals surface area contributed by atoms with E-state index in [2.05, 4.69) is 19.1 Å². The molecule has 110 valence electrons. The monoisotopic (exact) mass is 289 g/mol. The first kappa shape index (κ1) is 14.3. The second-order valence-corrected chi connectivity index (χ2v) is 5.67. The van der Waals surface area contributed by atoms with E-state index in [-0.39, 0.29) is 0 Å². The van der Waals surface area contributed by atoms with Crippen LogP contribution in [0.3, 0.4) is 0 Å². The van der Waals surface area contributed by atoms with Crippen LogP contribution in [0.15, 0.2) is 66.7 Å². The average molecular weight is 289 g/mol. The zero-order valence-corrected chi connectivity index (χ0v) is 12.9. The van der Waals surface area contributed by atoms with Gasteiger partial charge in [0.1, 0.15) is 0 Å². The highest BCUT2D eigenvalue weighted by molar-refractivity contribution is 5.56. The maximum Gasteiger partial charge on any atom is 0.223 e. The number of hydrogen-bond donors (Lipinski definition) is 0. The molecule has 0 aliphatic rings. The summed E-state index contributed by atoms with van der Waals surface area (Å²) in [6, 6.07) is 22.0. The van der Waals surface area contributed by atoms with Crippen molar-refractivity contribution in [3.8, 4) is 11.3 Å². The Bertz CT molecular complexity index is 791. The minimum Gasteiger partial charge on any atom is -0.618 e. The van der Waals surface area contributed by atoms with Gasteiger partial charge in [0.25, 0.3) is 0 Å². The lowest BCUT2D eigenvalue weighted by Gasteiger charge is -2.11. The van der Waals surface area contributed by atoms with Gasteiger partial charge in [0.05, 0.1) is 6.42 Å². The van der Waals surface area contributed by atoms with E-state index in [4.69, 9.17) is 0 Å². The van der Waals surface area contributed by atoms with Gasteiger partial charge in [-0.15, -0.1) is 0 Å². The summed E-state index contributed by atoms with van der Waals surface area (Å²) < 4.78 is 1.05. The maximum absolute atomic E-state index is 12.7. The summed E-state index contributed by atoms with van der Waals surface area (Å²) in [7, 11) is 0. The second kappa shape index (κ2) is 6.02. The van der Waals surface area contributed by atoms with E-state index < -0.39 is 0 Å². The Morgan fingerprint density at radius 1 is 0.818 bits per heavy atom. The van der Waals surface area contributed by atoms with Crippen LogP contribution in [0.1, 0.15) is 22.4 Å².